The molecule has 0 atom stereocenters. The van der Waals surface area contributed by atoms with Gasteiger partial charge in [0.1, 0.15) is 5.82 Å². The predicted molar refractivity (Wildman–Crippen MR) is 77.4 cm³/mol. The Labute approximate surface area is 119 Å². The Morgan fingerprint density at radius 1 is 1.17 bits per heavy atom. The van der Waals surface area contributed by atoms with Crippen LogP contribution in [0.4, 0.5) is 4.39 Å². The SMILES string of the molecule is NCCc1cc(F)cc(Sc2ccccc2Br)c1. The molecule has 0 spiro atoms. The predicted octanol–water partition coefficient (Wildman–Crippen LogP) is 4.24. The van der Waals surface area contributed by atoms with Gasteiger partial charge in [0.05, 0.1) is 0 Å². The molecule has 4 heteroatoms. The number of rotatable bonds is 4. The minimum Gasteiger partial charge on any atom is -0.330 e. The molecule has 0 unspecified atom stereocenters. The van der Waals surface area contributed by atoms with Crippen molar-refractivity contribution < 1.29 is 4.39 Å². The van der Waals surface area contributed by atoms with Crippen LogP contribution in [-0.4, -0.2) is 6.54 Å². The van der Waals surface area contributed by atoms with Crippen molar-refractivity contribution in [2.45, 2.75) is 16.2 Å². The molecule has 0 saturated heterocycles. The highest BCUT2D eigenvalue weighted by molar-refractivity contribution is 9.10. The van der Waals surface area contributed by atoms with E-state index in [-0.39, 0.29) is 5.82 Å². The summed E-state index contributed by atoms with van der Waals surface area (Å²) in [4.78, 5) is 1.96. The average molecular weight is 326 g/mol. The third kappa shape index (κ3) is 3.57. The Hall–Kier alpha value is -0.840. The van der Waals surface area contributed by atoms with Crippen LogP contribution in [0.5, 0.6) is 0 Å². The molecule has 0 fully saturated rings. The van der Waals surface area contributed by atoms with Crippen molar-refractivity contribution in [3.05, 3.63) is 58.3 Å². The first-order valence-corrected chi connectivity index (χ1v) is 7.22. The minimum atomic E-state index is -0.212. The molecule has 94 valence electrons. The lowest BCUT2D eigenvalue weighted by Gasteiger charge is -2.07. The smallest absolute Gasteiger partial charge is 0.124 e. The van der Waals surface area contributed by atoms with Gasteiger partial charge in [-0.2, -0.15) is 0 Å². The van der Waals surface area contributed by atoms with Gasteiger partial charge in [-0.25, -0.2) is 4.39 Å². The molecule has 2 aromatic rings. The fourth-order valence-electron chi connectivity index (χ4n) is 1.65. The Balaban J connectivity index is 2.26. The molecule has 18 heavy (non-hydrogen) atoms. The van der Waals surface area contributed by atoms with Crippen molar-refractivity contribution in [3.8, 4) is 0 Å². The van der Waals surface area contributed by atoms with Crippen LogP contribution in [0.25, 0.3) is 0 Å². The number of benzene rings is 2. The van der Waals surface area contributed by atoms with Crippen LogP contribution in [0.3, 0.4) is 0 Å². The van der Waals surface area contributed by atoms with E-state index >= 15 is 0 Å². The van der Waals surface area contributed by atoms with Crippen LogP contribution in [0.15, 0.2) is 56.7 Å². The van der Waals surface area contributed by atoms with Crippen LogP contribution in [0.1, 0.15) is 5.56 Å². The maximum atomic E-state index is 13.5. The normalized spacial score (nSPS) is 10.6. The molecule has 0 heterocycles. The molecule has 0 aromatic heterocycles. The number of hydrogen-bond acceptors (Lipinski definition) is 2. The van der Waals surface area contributed by atoms with Crippen LogP contribution in [-0.2, 0) is 6.42 Å². The van der Waals surface area contributed by atoms with Gasteiger partial charge < -0.3 is 5.73 Å². The molecule has 0 aliphatic carbocycles. The van der Waals surface area contributed by atoms with E-state index in [4.69, 9.17) is 5.73 Å². The van der Waals surface area contributed by atoms with E-state index in [1.54, 1.807) is 17.8 Å². The van der Waals surface area contributed by atoms with Gasteiger partial charge in [0, 0.05) is 14.3 Å². The van der Waals surface area contributed by atoms with E-state index in [0.717, 1.165) is 19.8 Å². The number of hydrogen-bond donors (Lipinski definition) is 1. The van der Waals surface area contributed by atoms with Gasteiger partial charge in [-0.05, 0) is 64.8 Å². The van der Waals surface area contributed by atoms with Crippen molar-refractivity contribution in [3.63, 3.8) is 0 Å². The summed E-state index contributed by atoms with van der Waals surface area (Å²) < 4.78 is 14.5. The highest BCUT2D eigenvalue weighted by atomic mass is 79.9. The standard InChI is InChI=1S/C14H13BrFNS/c15-13-3-1-2-4-14(13)18-12-8-10(5-6-17)7-11(16)9-12/h1-4,7-9H,5-6,17H2. The molecule has 0 aliphatic heterocycles. The summed E-state index contributed by atoms with van der Waals surface area (Å²) in [5.41, 5.74) is 6.44. The maximum absolute atomic E-state index is 13.5. The van der Waals surface area contributed by atoms with Crippen molar-refractivity contribution in [1.82, 2.24) is 0 Å². The molecule has 1 nitrogen and oxygen atoms in total. The van der Waals surface area contributed by atoms with Crippen LogP contribution < -0.4 is 5.73 Å². The summed E-state index contributed by atoms with van der Waals surface area (Å²) in [7, 11) is 0. The summed E-state index contributed by atoms with van der Waals surface area (Å²) in [5, 5.41) is 0. The zero-order valence-electron chi connectivity index (χ0n) is 9.70. The van der Waals surface area contributed by atoms with Crippen molar-refractivity contribution >= 4 is 27.7 Å². The zero-order valence-corrected chi connectivity index (χ0v) is 12.1. The summed E-state index contributed by atoms with van der Waals surface area (Å²) in [6.45, 7) is 0.530. The maximum Gasteiger partial charge on any atom is 0.124 e. The highest BCUT2D eigenvalue weighted by Crippen LogP contribution is 2.34. The molecule has 2 N–H and O–H groups in total. The van der Waals surface area contributed by atoms with E-state index in [1.807, 2.05) is 30.3 Å². The largest absolute Gasteiger partial charge is 0.330 e. The fourth-order valence-corrected chi connectivity index (χ4v) is 3.12. The van der Waals surface area contributed by atoms with Gasteiger partial charge in [0.25, 0.3) is 0 Å². The average Bonchev–Trinajstić information content (AvgIpc) is 2.32. The second-order valence-electron chi connectivity index (χ2n) is 3.87. The number of nitrogens with two attached hydrogens (primary N) is 1. The second-order valence-corrected chi connectivity index (χ2v) is 5.84. The molecule has 0 bridgehead atoms. The van der Waals surface area contributed by atoms with Crippen molar-refractivity contribution in [2.75, 3.05) is 6.54 Å². The van der Waals surface area contributed by atoms with Gasteiger partial charge in [-0.1, -0.05) is 23.9 Å². The van der Waals surface area contributed by atoms with Gasteiger partial charge in [0.2, 0.25) is 0 Å². The van der Waals surface area contributed by atoms with Gasteiger partial charge in [0.15, 0.2) is 0 Å². The van der Waals surface area contributed by atoms with Gasteiger partial charge in [-0.3, -0.25) is 0 Å². The first-order chi connectivity index (χ1) is 8.69. The first-order valence-electron chi connectivity index (χ1n) is 5.61. The molecular formula is C14H13BrFNS. The van der Waals surface area contributed by atoms with E-state index in [1.165, 1.54) is 6.07 Å². The molecule has 0 saturated carbocycles. The zero-order chi connectivity index (χ0) is 13.0. The third-order valence-corrected chi connectivity index (χ3v) is 4.43. The fraction of sp³-hybridized carbons (Fsp3) is 0.143. The molecule has 0 amide bonds. The van der Waals surface area contributed by atoms with Crippen LogP contribution >= 0.6 is 27.7 Å². The Kier molecular flexibility index (Phi) is 4.80. The van der Waals surface area contributed by atoms with E-state index < -0.39 is 0 Å². The minimum absolute atomic E-state index is 0.212. The quantitative estimate of drug-likeness (QED) is 0.909. The van der Waals surface area contributed by atoms with Gasteiger partial charge >= 0.3 is 0 Å². The van der Waals surface area contributed by atoms with Crippen molar-refractivity contribution in [2.24, 2.45) is 5.73 Å². The first kappa shape index (κ1) is 13.6. The lowest BCUT2D eigenvalue weighted by Crippen LogP contribution is -2.03. The molecule has 2 aromatic carbocycles. The second kappa shape index (κ2) is 6.36. The third-order valence-electron chi connectivity index (χ3n) is 2.43. The molecule has 0 aliphatic rings. The highest BCUT2D eigenvalue weighted by Gasteiger charge is 2.05. The van der Waals surface area contributed by atoms with Crippen LogP contribution in [0.2, 0.25) is 0 Å². The summed E-state index contributed by atoms with van der Waals surface area (Å²) in [5.74, 6) is -0.212. The Morgan fingerprint density at radius 3 is 2.67 bits per heavy atom. The topological polar surface area (TPSA) is 26.0 Å². The summed E-state index contributed by atoms with van der Waals surface area (Å²) in [6, 6.07) is 13.0. The van der Waals surface area contributed by atoms with Crippen LogP contribution in [0, 0.1) is 5.82 Å². The Morgan fingerprint density at radius 2 is 1.94 bits per heavy atom. The van der Waals surface area contributed by atoms with E-state index in [2.05, 4.69) is 15.9 Å². The Bertz CT molecular complexity index is 545. The lowest BCUT2D eigenvalue weighted by atomic mass is 10.1. The monoisotopic (exact) mass is 325 g/mol. The summed E-state index contributed by atoms with van der Waals surface area (Å²) in [6.07, 6.45) is 0.696. The number of halogens is 2. The van der Waals surface area contributed by atoms with Gasteiger partial charge in [-0.15, -0.1) is 0 Å². The van der Waals surface area contributed by atoms with E-state index in [0.29, 0.717) is 13.0 Å². The molecule has 2 rings (SSSR count). The van der Waals surface area contributed by atoms with E-state index in [9.17, 15) is 4.39 Å². The lowest BCUT2D eigenvalue weighted by molar-refractivity contribution is 0.621. The molecular weight excluding hydrogens is 313 g/mol. The molecule has 0 radical (unpaired) electrons. The van der Waals surface area contributed by atoms with Crippen molar-refractivity contribution in [1.29, 1.82) is 0 Å². The summed E-state index contributed by atoms with van der Waals surface area (Å²) >= 11 is 5.03.